The molecule has 3 rings (SSSR count). The van der Waals surface area contributed by atoms with Gasteiger partial charge >= 0.3 is 0 Å². The van der Waals surface area contributed by atoms with E-state index in [2.05, 4.69) is 10.3 Å². The lowest BCUT2D eigenvalue weighted by Crippen LogP contribution is -2.30. The Labute approximate surface area is 162 Å². The topological polar surface area (TPSA) is 76.1 Å². The summed E-state index contributed by atoms with van der Waals surface area (Å²) in [6.07, 6.45) is 6.18. The monoisotopic (exact) mass is 398 g/mol. The van der Waals surface area contributed by atoms with Crippen molar-refractivity contribution in [3.63, 3.8) is 0 Å². The minimum absolute atomic E-state index is 0.0378. The van der Waals surface area contributed by atoms with Crippen molar-refractivity contribution in [1.29, 1.82) is 0 Å². The highest BCUT2D eigenvalue weighted by Crippen LogP contribution is 2.30. The summed E-state index contributed by atoms with van der Waals surface area (Å²) < 4.78 is 26.3. The highest BCUT2D eigenvalue weighted by atomic mass is 32.2. The predicted molar refractivity (Wildman–Crippen MR) is 107 cm³/mol. The lowest BCUT2D eigenvalue weighted by Gasteiger charge is -2.17. The minimum Gasteiger partial charge on any atom is -0.351 e. The van der Waals surface area contributed by atoms with E-state index in [9.17, 15) is 13.2 Å². The number of carbonyl (C=O) groups is 1. The molecule has 0 radical (unpaired) electrons. The summed E-state index contributed by atoms with van der Waals surface area (Å²) in [6, 6.07) is 16.1. The van der Waals surface area contributed by atoms with Crippen molar-refractivity contribution >= 4 is 33.2 Å². The second-order valence-corrected chi connectivity index (χ2v) is 9.05. The van der Waals surface area contributed by atoms with Gasteiger partial charge < -0.3 is 5.32 Å². The van der Waals surface area contributed by atoms with E-state index in [1.807, 2.05) is 30.3 Å². The molecule has 0 aliphatic rings. The van der Waals surface area contributed by atoms with Crippen LogP contribution in [0, 0.1) is 0 Å². The van der Waals surface area contributed by atoms with Gasteiger partial charge in [0.15, 0.2) is 9.84 Å². The summed E-state index contributed by atoms with van der Waals surface area (Å²) in [4.78, 5) is 16.2. The second-order valence-electron chi connectivity index (χ2n) is 5.74. The van der Waals surface area contributed by atoms with Gasteiger partial charge in [-0.15, -0.1) is 11.3 Å². The van der Waals surface area contributed by atoms with Crippen molar-refractivity contribution in [1.82, 2.24) is 10.3 Å². The SMILES string of the molecule is O=C(/C=C/c1ccccc1)NCC(c1cccnc1)S(=O)(=O)c1cccs1. The average Bonchev–Trinajstić information content (AvgIpc) is 3.24. The number of nitrogens with one attached hydrogen (secondary N) is 1. The molecule has 138 valence electrons. The highest BCUT2D eigenvalue weighted by Gasteiger charge is 2.30. The van der Waals surface area contributed by atoms with Crippen molar-refractivity contribution in [3.05, 3.63) is 89.6 Å². The van der Waals surface area contributed by atoms with Crippen LogP contribution < -0.4 is 5.32 Å². The summed E-state index contributed by atoms with van der Waals surface area (Å²) in [7, 11) is -3.63. The van der Waals surface area contributed by atoms with Gasteiger partial charge in [0, 0.05) is 25.0 Å². The van der Waals surface area contributed by atoms with E-state index in [4.69, 9.17) is 0 Å². The van der Waals surface area contributed by atoms with Crippen LogP contribution in [0.2, 0.25) is 0 Å². The molecule has 0 spiro atoms. The first-order valence-electron chi connectivity index (χ1n) is 8.25. The van der Waals surface area contributed by atoms with E-state index in [0.717, 1.165) is 16.9 Å². The summed E-state index contributed by atoms with van der Waals surface area (Å²) in [5.74, 6) is -0.353. The van der Waals surface area contributed by atoms with E-state index in [1.54, 1.807) is 41.9 Å². The lowest BCUT2D eigenvalue weighted by atomic mass is 10.2. The molecular formula is C20H18N2O3S2. The van der Waals surface area contributed by atoms with E-state index < -0.39 is 15.1 Å². The van der Waals surface area contributed by atoms with Crippen LogP contribution in [-0.2, 0) is 14.6 Å². The quantitative estimate of drug-likeness (QED) is 0.618. The molecule has 1 atom stereocenters. The number of amides is 1. The Morgan fingerprint density at radius 2 is 1.93 bits per heavy atom. The first-order valence-corrected chi connectivity index (χ1v) is 10.7. The minimum atomic E-state index is -3.63. The molecule has 0 saturated carbocycles. The molecule has 2 aromatic heterocycles. The van der Waals surface area contributed by atoms with Gasteiger partial charge in [0.1, 0.15) is 9.46 Å². The normalized spacial score (nSPS) is 12.7. The van der Waals surface area contributed by atoms with Gasteiger partial charge in [-0.25, -0.2) is 8.42 Å². The molecule has 0 aliphatic heterocycles. The number of hydrogen-bond acceptors (Lipinski definition) is 5. The maximum absolute atomic E-state index is 13.0. The molecule has 27 heavy (non-hydrogen) atoms. The standard InChI is InChI=1S/C20H18N2O3S2/c23-19(11-10-16-6-2-1-3-7-16)22-15-18(17-8-4-12-21-14-17)27(24,25)20-9-5-13-26-20/h1-14,18H,15H2,(H,22,23)/b11-10+. The molecule has 0 fully saturated rings. The molecule has 1 N–H and O–H groups in total. The van der Waals surface area contributed by atoms with Crippen LogP contribution in [0.3, 0.4) is 0 Å². The zero-order valence-electron chi connectivity index (χ0n) is 14.4. The van der Waals surface area contributed by atoms with Crippen molar-refractivity contribution in [2.24, 2.45) is 0 Å². The number of pyridine rings is 1. The maximum Gasteiger partial charge on any atom is 0.244 e. The number of nitrogens with zero attached hydrogens (tertiary/aromatic N) is 1. The van der Waals surface area contributed by atoms with Crippen molar-refractivity contribution in [3.8, 4) is 0 Å². The Morgan fingerprint density at radius 3 is 2.59 bits per heavy atom. The molecule has 1 amide bonds. The Morgan fingerprint density at radius 1 is 1.11 bits per heavy atom. The molecule has 2 heterocycles. The summed E-state index contributed by atoms with van der Waals surface area (Å²) in [6.45, 7) is -0.0378. The first-order chi connectivity index (χ1) is 13.1. The van der Waals surface area contributed by atoms with Gasteiger partial charge in [-0.1, -0.05) is 42.5 Å². The zero-order chi connectivity index (χ0) is 19.1. The molecular weight excluding hydrogens is 380 g/mol. The van der Waals surface area contributed by atoms with Crippen LogP contribution in [-0.4, -0.2) is 25.9 Å². The third kappa shape index (κ3) is 4.90. The van der Waals surface area contributed by atoms with Gasteiger partial charge in [0.25, 0.3) is 0 Å². The number of carbonyl (C=O) groups excluding carboxylic acids is 1. The molecule has 1 aromatic carbocycles. The van der Waals surface area contributed by atoms with Crippen molar-refractivity contribution in [2.75, 3.05) is 6.54 Å². The van der Waals surface area contributed by atoms with E-state index in [1.165, 1.54) is 12.3 Å². The van der Waals surface area contributed by atoms with Crippen LogP contribution in [0.25, 0.3) is 6.08 Å². The van der Waals surface area contributed by atoms with Crippen molar-refractivity contribution in [2.45, 2.75) is 9.46 Å². The summed E-state index contributed by atoms with van der Waals surface area (Å²) in [5.41, 5.74) is 1.43. The summed E-state index contributed by atoms with van der Waals surface area (Å²) >= 11 is 1.16. The van der Waals surface area contributed by atoms with Crippen LogP contribution in [0.4, 0.5) is 0 Å². The smallest absolute Gasteiger partial charge is 0.244 e. The van der Waals surface area contributed by atoms with E-state index in [-0.39, 0.29) is 16.7 Å². The third-order valence-corrected chi connectivity index (χ3v) is 7.43. The van der Waals surface area contributed by atoms with Gasteiger partial charge in [-0.3, -0.25) is 9.78 Å². The van der Waals surface area contributed by atoms with Gasteiger partial charge in [0.05, 0.1) is 0 Å². The van der Waals surface area contributed by atoms with Gasteiger partial charge in [-0.05, 0) is 34.7 Å². The zero-order valence-corrected chi connectivity index (χ0v) is 16.0. The first kappa shape index (κ1) is 19.0. The maximum atomic E-state index is 13.0. The molecule has 0 bridgehead atoms. The Hall–Kier alpha value is -2.77. The molecule has 1 unspecified atom stereocenters. The van der Waals surface area contributed by atoms with Crippen LogP contribution >= 0.6 is 11.3 Å². The number of rotatable bonds is 7. The van der Waals surface area contributed by atoms with Crippen molar-refractivity contribution < 1.29 is 13.2 Å². The highest BCUT2D eigenvalue weighted by molar-refractivity contribution is 7.93. The fourth-order valence-corrected chi connectivity index (χ4v) is 5.38. The van der Waals surface area contributed by atoms with Crippen LogP contribution in [0.15, 0.2) is 82.7 Å². The number of thiophene rings is 1. The largest absolute Gasteiger partial charge is 0.351 e. The molecule has 0 aliphatic carbocycles. The average molecular weight is 399 g/mol. The fourth-order valence-electron chi connectivity index (χ4n) is 2.53. The Bertz CT molecular complexity index is 1000. The van der Waals surface area contributed by atoms with Crippen LogP contribution in [0.5, 0.6) is 0 Å². The lowest BCUT2D eigenvalue weighted by molar-refractivity contribution is -0.116. The number of aromatic nitrogens is 1. The molecule has 3 aromatic rings. The number of benzene rings is 1. The molecule has 5 nitrogen and oxygen atoms in total. The van der Waals surface area contributed by atoms with Gasteiger partial charge in [0.2, 0.25) is 5.91 Å². The third-order valence-electron chi connectivity index (χ3n) is 3.89. The van der Waals surface area contributed by atoms with E-state index in [0.29, 0.717) is 5.56 Å². The Kier molecular flexibility index (Phi) is 6.16. The fraction of sp³-hybridized carbons (Fsp3) is 0.100. The van der Waals surface area contributed by atoms with Gasteiger partial charge in [-0.2, -0.15) is 0 Å². The predicted octanol–water partition coefficient (Wildman–Crippen LogP) is 3.49. The summed E-state index contributed by atoms with van der Waals surface area (Å²) in [5, 5.41) is 3.50. The molecule has 0 saturated heterocycles. The number of hydrogen-bond donors (Lipinski definition) is 1. The molecule has 7 heteroatoms. The second kappa shape index (κ2) is 8.75. The van der Waals surface area contributed by atoms with E-state index >= 15 is 0 Å². The van der Waals surface area contributed by atoms with Crippen LogP contribution in [0.1, 0.15) is 16.4 Å². The number of sulfone groups is 1. The Balaban J connectivity index is 1.77.